The highest BCUT2D eigenvalue weighted by Crippen LogP contribution is 2.19. The standard InChI is InChI=1S/C8H12N2O3/c1-5(2)7(8(12)13)10-4-6(11)3-9-10/h3-5,7,11H,1-2H3,(H,12,13)/t7-/m0/s1. The Morgan fingerprint density at radius 2 is 2.23 bits per heavy atom. The lowest BCUT2D eigenvalue weighted by Gasteiger charge is -2.15. The van der Waals surface area contributed by atoms with Crippen molar-refractivity contribution in [1.82, 2.24) is 9.78 Å². The van der Waals surface area contributed by atoms with Crippen molar-refractivity contribution in [2.24, 2.45) is 5.92 Å². The van der Waals surface area contributed by atoms with E-state index in [0.717, 1.165) is 0 Å². The zero-order chi connectivity index (χ0) is 10.0. The van der Waals surface area contributed by atoms with Crippen molar-refractivity contribution in [2.75, 3.05) is 0 Å². The van der Waals surface area contributed by atoms with Crippen molar-refractivity contribution in [2.45, 2.75) is 19.9 Å². The van der Waals surface area contributed by atoms with Crippen molar-refractivity contribution in [3.8, 4) is 5.75 Å². The van der Waals surface area contributed by atoms with Crippen LogP contribution in [0.1, 0.15) is 19.9 Å². The van der Waals surface area contributed by atoms with Crippen LogP contribution in [-0.2, 0) is 4.79 Å². The summed E-state index contributed by atoms with van der Waals surface area (Å²) in [5.74, 6) is -1.04. The Kier molecular flexibility index (Phi) is 2.55. The van der Waals surface area contributed by atoms with E-state index in [1.54, 1.807) is 13.8 Å². The summed E-state index contributed by atoms with van der Waals surface area (Å²) in [7, 11) is 0. The first-order chi connectivity index (χ1) is 6.02. The summed E-state index contributed by atoms with van der Waals surface area (Å²) in [6, 6.07) is -0.721. The predicted octanol–water partition coefficient (Wildman–Crippen LogP) is 0.870. The largest absolute Gasteiger partial charge is 0.505 e. The molecule has 0 amide bonds. The molecule has 0 saturated carbocycles. The molecule has 0 radical (unpaired) electrons. The molecule has 1 aromatic rings. The Bertz CT molecular complexity index is 306. The highest BCUT2D eigenvalue weighted by atomic mass is 16.4. The zero-order valence-corrected chi connectivity index (χ0v) is 7.51. The fraction of sp³-hybridized carbons (Fsp3) is 0.500. The molecule has 72 valence electrons. The molecule has 0 fully saturated rings. The van der Waals surface area contributed by atoms with Crippen molar-refractivity contribution in [3.05, 3.63) is 12.4 Å². The molecule has 0 bridgehead atoms. The van der Waals surface area contributed by atoms with E-state index < -0.39 is 12.0 Å². The summed E-state index contributed by atoms with van der Waals surface area (Å²) in [5, 5.41) is 21.6. The molecule has 0 unspecified atom stereocenters. The van der Waals surface area contributed by atoms with Gasteiger partial charge in [-0.25, -0.2) is 4.79 Å². The molecule has 1 heterocycles. The summed E-state index contributed by atoms with van der Waals surface area (Å²) < 4.78 is 1.25. The minimum absolute atomic E-state index is 0.0214. The highest BCUT2D eigenvalue weighted by Gasteiger charge is 2.24. The molecule has 5 nitrogen and oxygen atoms in total. The molecule has 0 aromatic carbocycles. The van der Waals surface area contributed by atoms with Crippen molar-refractivity contribution in [3.63, 3.8) is 0 Å². The number of hydrogen-bond donors (Lipinski definition) is 2. The van der Waals surface area contributed by atoms with Gasteiger partial charge in [0, 0.05) is 0 Å². The molecule has 1 aromatic heterocycles. The third kappa shape index (κ3) is 1.99. The fourth-order valence-electron chi connectivity index (χ4n) is 1.18. The van der Waals surface area contributed by atoms with Crippen LogP contribution in [0.2, 0.25) is 0 Å². The van der Waals surface area contributed by atoms with E-state index in [-0.39, 0.29) is 11.7 Å². The Balaban J connectivity index is 2.95. The van der Waals surface area contributed by atoms with E-state index in [2.05, 4.69) is 5.10 Å². The number of carboxylic acids is 1. The maximum Gasteiger partial charge on any atom is 0.328 e. The van der Waals surface area contributed by atoms with Gasteiger partial charge in [-0.3, -0.25) is 4.68 Å². The van der Waals surface area contributed by atoms with Crippen LogP contribution < -0.4 is 0 Å². The summed E-state index contributed by atoms with van der Waals surface area (Å²) in [5.41, 5.74) is 0. The van der Waals surface area contributed by atoms with Crippen LogP contribution in [0.5, 0.6) is 5.75 Å². The van der Waals surface area contributed by atoms with E-state index >= 15 is 0 Å². The Morgan fingerprint density at radius 3 is 2.54 bits per heavy atom. The molecule has 2 N–H and O–H groups in total. The summed E-state index contributed by atoms with van der Waals surface area (Å²) >= 11 is 0. The SMILES string of the molecule is CC(C)[C@@H](C(=O)O)n1cc(O)cn1. The Labute approximate surface area is 75.6 Å². The first-order valence-corrected chi connectivity index (χ1v) is 3.98. The molecule has 0 aliphatic carbocycles. The van der Waals surface area contributed by atoms with E-state index in [1.807, 2.05) is 0 Å². The van der Waals surface area contributed by atoms with E-state index in [9.17, 15) is 4.79 Å². The van der Waals surface area contributed by atoms with Crippen LogP contribution >= 0.6 is 0 Å². The lowest BCUT2D eigenvalue weighted by molar-refractivity contribution is -0.142. The maximum atomic E-state index is 10.8. The van der Waals surface area contributed by atoms with Gasteiger partial charge in [-0.05, 0) is 5.92 Å². The molecular weight excluding hydrogens is 172 g/mol. The van der Waals surface area contributed by atoms with Gasteiger partial charge in [-0.15, -0.1) is 0 Å². The molecule has 0 spiro atoms. The van der Waals surface area contributed by atoms with Crippen molar-refractivity contribution in [1.29, 1.82) is 0 Å². The second kappa shape index (κ2) is 3.47. The summed E-state index contributed by atoms with van der Waals surface area (Å²) in [6.45, 7) is 3.58. The topological polar surface area (TPSA) is 75.3 Å². The van der Waals surface area contributed by atoms with Gasteiger partial charge in [-0.2, -0.15) is 5.10 Å². The van der Waals surface area contributed by atoms with Crippen molar-refractivity contribution < 1.29 is 15.0 Å². The molecule has 13 heavy (non-hydrogen) atoms. The number of carbonyl (C=O) groups is 1. The molecule has 0 saturated heterocycles. The minimum atomic E-state index is -0.946. The van der Waals surface area contributed by atoms with Gasteiger partial charge < -0.3 is 10.2 Å². The Hall–Kier alpha value is -1.52. The summed E-state index contributed by atoms with van der Waals surface area (Å²) in [4.78, 5) is 10.8. The van der Waals surface area contributed by atoms with Crippen LogP contribution in [0, 0.1) is 5.92 Å². The number of carboxylic acid groups (broad SMARTS) is 1. The van der Waals surface area contributed by atoms with Gasteiger partial charge in [0.15, 0.2) is 11.8 Å². The molecule has 0 aliphatic heterocycles. The van der Waals surface area contributed by atoms with E-state index in [4.69, 9.17) is 10.2 Å². The van der Waals surface area contributed by atoms with Crippen LogP contribution in [-0.4, -0.2) is 26.0 Å². The van der Waals surface area contributed by atoms with Gasteiger partial charge in [-0.1, -0.05) is 13.8 Å². The third-order valence-corrected chi connectivity index (χ3v) is 1.76. The molecule has 5 heteroatoms. The van der Waals surface area contributed by atoms with Gasteiger partial charge in [0.25, 0.3) is 0 Å². The third-order valence-electron chi connectivity index (χ3n) is 1.76. The highest BCUT2D eigenvalue weighted by molar-refractivity contribution is 5.72. The van der Waals surface area contributed by atoms with Crippen LogP contribution in [0.15, 0.2) is 12.4 Å². The van der Waals surface area contributed by atoms with Crippen LogP contribution in [0.4, 0.5) is 0 Å². The van der Waals surface area contributed by atoms with Crippen LogP contribution in [0.3, 0.4) is 0 Å². The fourth-order valence-corrected chi connectivity index (χ4v) is 1.18. The number of aromatic hydroxyl groups is 1. The normalized spacial score (nSPS) is 13.2. The number of hydrogen-bond acceptors (Lipinski definition) is 3. The molecular formula is C8H12N2O3. The zero-order valence-electron chi connectivity index (χ0n) is 7.51. The van der Waals surface area contributed by atoms with Gasteiger partial charge >= 0.3 is 5.97 Å². The number of rotatable bonds is 3. The first kappa shape index (κ1) is 9.57. The Morgan fingerprint density at radius 1 is 1.62 bits per heavy atom. The number of aliphatic carboxylic acids is 1. The van der Waals surface area contributed by atoms with Crippen LogP contribution in [0.25, 0.3) is 0 Å². The predicted molar refractivity (Wildman–Crippen MR) is 45.4 cm³/mol. The molecule has 1 atom stereocenters. The van der Waals surface area contributed by atoms with Gasteiger partial charge in [0.2, 0.25) is 0 Å². The van der Waals surface area contributed by atoms with Gasteiger partial charge in [0.1, 0.15) is 0 Å². The molecule has 0 aliphatic rings. The second-order valence-corrected chi connectivity index (χ2v) is 3.21. The second-order valence-electron chi connectivity index (χ2n) is 3.21. The number of aromatic nitrogens is 2. The quantitative estimate of drug-likeness (QED) is 0.730. The average Bonchev–Trinajstić information content (AvgIpc) is 2.34. The average molecular weight is 184 g/mol. The first-order valence-electron chi connectivity index (χ1n) is 3.98. The lowest BCUT2D eigenvalue weighted by Crippen LogP contribution is -2.24. The number of nitrogens with zero attached hydrogens (tertiary/aromatic N) is 2. The van der Waals surface area contributed by atoms with Gasteiger partial charge in [0.05, 0.1) is 12.4 Å². The minimum Gasteiger partial charge on any atom is -0.505 e. The monoisotopic (exact) mass is 184 g/mol. The van der Waals surface area contributed by atoms with Crippen molar-refractivity contribution >= 4 is 5.97 Å². The maximum absolute atomic E-state index is 10.8. The van der Waals surface area contributed by atoms with E-state index in [0.29, 0.717) is 0 Å². The van der Waals surface area contributed by atoms with E-state index in [1.165, 1.54) is 17.1 Å². The lowest BCUT2D eigenvalue weighted by atomic mass is 10.1. The smallest absolute Gasteiger partial charge is 0.328 e. The summed E-state index contributed by atoms with van der Waals surface area (Å²) in [6.07, 6.45) is 2.52. The molecule has 1 rings (SSSR count).